The van der Waals surface area contributed by atoms with Gasteiger partial charge in [-0.2, -0.15) is 0 Å². The van der Waals surface area contributed by atoms with Crippen LogP contribution in [-0.4, -0.2) is 45.1 Å². The number of carbonyl (C=O) groups excluding carboxylic acids is 1. The Morgan fingerprint density at radius 1 is 1.53 bits per heavy atom. The highest BCUT2D eigenvalue weighted by Crippen LogP contribution is 2.24. The molecule has 0 amide bonds. The van der Waals surface area contributed by atoms with E-state index in [1.807, 2.05) is 0 Å². The molecule has 1 aliphatic heterocycles. The Kier molecular flexibility index (Phi) is 2.91. The van der Waals surface area contributed by atoms with E-state index >= 15 is 0 Å². The number of nitrogens with one attached hydrogen (secondary N) is 1. The number of aliphatic hydroxyl groups is 1. The fourth-order valence-electron chi connectivity index (χ4n) is 1.97. The van der Waals surface area contributed by atoms with Crippen LogP contribution in [0.2, 0.25) is 0 Å². The van der Waals surface area contributed by atoms with E-state index in [1.165, 1.54) is 18.5 Å². The molecule has 6 nitrogen and oxygen atoms in total. The standard InChI is InChI=1S/C11H12N2O4/c14-8-4-11(10(16)17,13-6-8)9(15)7-2-1-3-12-5-7/h1-3,5,8,13-14H,4,6H2,(H,16,17)/t8-,11-/m1/s1. The molecule has 1 aliphatic rings. The summed E-state index contributed by atoms with van der Waals surface area (Å²) in [6, 6.07) is 3.07. The van der Waals surface area contributed by atoms with Crippen LogP contribution in [0.5, 0.6) is 0 Å². The van der Waals surface area contributed by atoms with Gasteiger partial charge in [0.15, 0.2) is 11.3 Å². The van der Waals surface area contributed by atoms with Gasteiger partial charge in [0.05, 0.1) is 6.10 Å². The number of ketones is 1. The number of Topliss-reactive ketones (excluding diaryl/α,β-unsaturated/α-hetero) is 1. The molecular formula is C11H12N2O4. The summed E-state index contributed by atoms with van der Waals surface area (Å²) in [5.41, 5.74) is -1.51. The van der Waals surface area contributed by atoms with Crippen molar-refractivity contribution < 1.29 is 19.8 Å². The normalized spacial score (nSPS) is 27.9. The molecule has 6 heteroatoms. The van der Waals surface area contributed by atoms with Crippen LogP contribution in [0.1, 0.15) is 16.8 Å². The Hall–Kier alpha value is -1.79. The third-order valence-electron chi connectivity index (χ3n) is 2.86. The second kappa shape index (κ2) is 4.23. The van der Waals surface area contributed by atoms with Gasteiger partial charge in [0.1, 0.15) is 0 Å². The first kappa shape index (κ1) is 11.7. The third-order valence-corrected chi connectivity index (χ3v) is 2.86. The Balaban J connectivity index is 2.36. The molecule has 1 aromatic heterocycles. The first-order valence-corrected chi connectivity index (χ1v) is 5.17. The Morgan fingerprint density at radius 2 is 2.29 bits per heavy atom. The summed E-state index contributed by atoms with van der Waals surface area (Å²) >= 11 is 0. The highest BCUT2D eigenvalue weighted by molar-refractivity contribution is 6.16. The number of aromatic nitrogens is 1. The van der Waals surface area contributed by atoms with Gasteiger partial charge in [0, 0.05) is 30.9 Å². The number of carbonyl (C=O) groups is 2. The molecule has 1 fully saturated rings. The SMILES string of the molecule is O=C(O)[C@]1(C(=O)c2cccnc2)C[C@@H](O)CN1. The zero-order valence-electron chi connectivity index (χ0n) is 8.96. The van der Waals surface area contributed by atoms with Crippen LogP contribution >= 0.6 is 0 Å². The lowest BCUT2D eigenvalue weighted by Crippen LogP contribution is -2.54. The van der Waals surface area contributed by atoms with E-state index in [0.717, 1.165) is 0 Å². The maximum absolute atomic E-state index is 12.2. The molecule has 2 atom stereocenters. The van der Waals surface area contributed by atoms with Crippen molar-refractivity contribution in [3.8, 4) is 0 Å². The minimum atomic E-state index is -1.73. The first-order valence-electron chi connectivity index (χ1n) is 5.17. The van der Waals surface area contributed by atoms with Crippen molar-refractivity contribution in [1.29, 1.82) is 0 Å². The minimum Gasteiger partial charge on any atom is -0.480 e. The lowest BCUT2D eigenvalue weighted by atomic mass is 9.88. The summed E-state index contributed by atoms with van der Waals surface area (Å²) in [5.74, 6) is -1.85. The molecule has 1 saturated heterocycles. The van der Waals surface area contributed by atoms with E-state index in [4.69, 9.17) is 0 Å². The number of carboxylic acids is 1. The molecule has 1 aromatic rings. The Bertz CT molecular complexity index is 448. The minimum absolute atomic E-state index is 0.0955. The van der Waals surface area contributed by atoms with Crippen molar-refractivity contribution in [2.24, 2.45) is 0 Å². The van der Waals surface area contributed by atoms with Crippen molar-refractivity contribution in [3.63, 3.8) is 0 Å². The van der Waals surface area contributed by atoms with Gasteiger partial charge in [-0.1, -0.05) is 0 Å². The van der Waals surface area contributed by atoms with Gasteiger partial charge in [0.25, 0.3) is 0 Å². The van der Waals surface area contributed by atoms with E-state index in [2.05, 4.69) is 10.3 Å². The summed E-state index contributed by atoms with van der Waals surface area (Å²) in [5, 5.41) is 21.2. The summed E-state index contributed by atoms with van der Waals surface area (Å²) in [6.07, 6.45) is 1.86. The van der Waals surface area contributed by atoms with Gasteiger partial charge in [0.2, 0.25) is 0 Å². The molecule has 0 saturated carbocycles. The number of hydrogen-bond donors (Lipinski definition) is 3. The topological polar surface area (TPSA) is 99.5 Å². The number of β-amino-alcohol motifs (C(OH)–C–C–N with tert-alkyl or cyclic N) is 1. The molecule has 3 N–H and O–H groups in total. The summed E-state index contributed by atoms with van der Waals surface area (Å²) in [4.78, 5) is 27.2. The fraction of sp³-hybridized carbons (Fsp3) is 0.364. The summed E-state index contributed by atoms with van der Waals surface area (Å²) in [7, 11) is 0. The van der Waals surface area contributed by atoms with Gasteiger partial charge in [-0.15, -0.1) is 0 Å². The van der Waals surface area contributed by atoms with Crippen molar-refractivity contribution in [1.82, 2.24) is 10.3 Å². The van der Waals surface area contributed by atoms with Crippen LogP contribution in [0.3, 0.4) is 0 Å². The van der Waals surface area contributed by atoms with Crippen molar-refractivity contribution in [2.75, 3.05) is 6.54 Å². The predicted molar refractivity (Wildman–Crippen MR) is 57.6 cm³/mol. The van der Waals surface area contributed by atoms with Crippen LogP contribution in [0, 0.1) is 0 Å². The molecule has 0 aliphatic carbocycles. The molecule has 0 unspecified atom stereocenters. The zero-order chi connectivity index (χ0) is 12.5. The number of hydrogen-bond acceptors (Lipinski definition) is 5. The van der Waals surface area contributed by atoms with E-state index in [-0.39, 0.29) is 18.5 Å². The molecule has 2 rings (SSSR count). The van der Waals surface area contributed by atoms with E-state index in [0.29, 0.717) is 0 Å². The van der Waals surface area contributed by atoms with Crippen molar-refractivity contribution >= 4 is 11.8 Å². The molecule has 2 heterocycles. The molecule has 0 radical (unpaired) electrons. The summed E-state index contributed by atoms with van der Waals surface area (Å²) < 4.78 is 0. The van der Waals surface area contributed by atoms with Gasteiger partial charge >= 0.3 is 5.97 Å². The Labute approximate surface area is 97.3 Å². The highest BCUT2D eigenvalue weighted by Gasteiger charge is 2.51. The van der Waals surface area contributed by atoms with Crippen molar-refractivity contribution in [2.45, 2.75) is 18.1 Å². The van der Waals surface area contributed by atoms with Crippen LogP contribution in [0.4, 0.5) is 0 Å². The fourth-order valence-corrected chi connectivity index (χ4v) is 1.97. The summed E-state index contributed by atoms with van der Waals surface area (Å²) in [6.45, 7) is 0.0955. The van der Waals surface area contributed by atoms with Gasteiger partial charge in [-0.25, -0.2) is 4.79 Å². The van der Waals surface area contributed by atoms with Crippen LogP contribution < -0.4 is 5.32 Å². The van der Waals surface area contributed by atoms with E-state index in [9.17, 15) is 19.8 Å². The number of aliphatic carboxylic acids is 1. The molecule has 17 heavy (non-hydrogen) atoms. The molecule has 90 valence electrons. The third kappa shape index (κ3) is 1.92. The number of carboxylic acid groups (broad SMARTS) is 1. The predicted octanol–water partition coefficient (Wildman–Crippen LogP) is -0.558. The first-order chi connectivity index (χ1) is 8.06. The Morgan fingerprint density at radius 3 is 2.76 bits per heavy atom. The smallest absolute Gasteiger partial charge is 0.332 e. The maximum atomic E-state index is 12.2. The van der Waals surface area contributed by atoms with E-state index in [1.54, 1.807) is 6.07 Å². The number of aliphatic hydroxyl groups excluding tert-OH is 1. The molecule has 0 spiro atoms. The number of pyridine rings is 1. The largest absolute Gasteiger partial charge is 0.480 e. The maximum Gasteiger partial charge on any atom is 0.332 e. The number of rotatable bonds is 3. The number of nitrogens with zero attached hydrogens (tertiary/aromatic N) is 1. The monoisotopic (exact) mass is 236 g/mol. The molecule has 0 bridgehead atoms. The van der Waals surface area contributed by atoms with Crippen LogP contribution in [0.15, 0.2) is 24.5 Å². The lowest BCUT2D eigenvalue weighted by Gasteiger charge is -2.22. The quantitative estimate of drug-likeness (QED) is 0.480. The average Bonchev–Trinajstić information content (AvgIpc) is 2.73. The molecular weight excluding hydrogens is 224 g/mol. The van der Waals surface area contributed by atoms with Crippen molar-refractivity contribution in [3.05, 3.63) is 30.1 Å². The second-order valence-corrected chi connectivity index (χ2v) is 4.02. The average molecular weight is 236 g/mol. The lowest BCUT2D eigenvalue weighted by molar-refractivity contribution is -0.142. The second-order valence-electron chi connectivity index (χ2n) is 4.02. The zero-order valence-corrected chi connectivity index (χ0v) is 8.96. The molecule has 0 aromatic carbocycles. The van der Waals surface area contributed by atoms with Gasteiger partial charge in [-0.3, -0.25) is 15.1 Å². The highest BCUT2D eigenvalue weighted by atomic mass is 16.4. The van der Waals surface area contributed by atoms with Gasteiger partial charge in [-0.05, 0) is 12.1 Å². The van der Waals surface area contributed by atoms with E-state index < -0.39 is 23.4 Å². The van der Waals surface area contributed by atoms with Gasteiger partial charge < -0.3 is 10.2 Å². The van der Waals surface area contributed by atoms with Crippen LogP contribution in [-0.2, 0) is 4.79 Å². The van der Waals surface area contributed by atoms with Crippen LogP contribution in [0.25, 0.3) is 0 Å².